The molecule has 0 aliphatic heterocycles. The van der Waals surface area contributed by atoms with E-state index < -0.39 is 0 Å². The van der Waals surface area contributed by atoms with Crippen LogP contribution in [0.5, 0.6) is 0 Å². The van der Waals surface area contributed by atoms with Gasteiger partial charge in [0.05, 0.1) is 11.5 Å². The molecule has 0 spiro atoms. The lowest BCUT2D eigenvalue weighted by Crippen LogP contribution is -2.30. The first-order valence-electron chi connectivity index (χ1n) is 10.3. The molecule has 1 fully saturated rings. The smallest absolute Gasteiger partial charge is 0.0822 e. The van der Waals surface area contributed by atoms with Crippen molar-refractivity contribution in [3.05, 3.63) is 59.7 Å². The summed E-state index contributed by atoms with van der Waals surface area (Å²) in [5.74, 6) is 0.807. The molecule has 1 heteroatoms. The second-order valence-electron chi connectivity index (χ2n) is 7.92. The lowest BCUT2D eigenvalue weighted by Gasteiger charge is -2.35. The summed E-state index contributed by atoms with van der Waals surface area (Å²) in [4.78, 5) is 0. The number of hydrogen-bond acceptors (Lipinski definition) is 1. The number of benzene rings is 2. The summed E-state index contributed by atoms with van der Waals surface area (Å²) in [5, 5.41) is 9.89. The van der Waals surface area contributed by atoms with Crippen LogP contribution in [-0.4, -0.2) is 0 Å². The predicted molar refractivity (Wildman–Crippen MR) is 110 cm³/mol. The number of rotatable bonds is 6. The van der Waals surface area contributed by atoms with E-state index in [1.54, 1.807) is 0 Å². The monoisotopic (exact) mass is 345 g/mol. The van der Waals surface area contributed by atoms with Crippen LogP contribution in [0, 0.1) is 17.2 Å². The zero-order valence-electron chi connectivity index (χ0n) is 16.3. The van der Waals surface area contributed by atoms with E-state index in [-0.39, 0.29) is 5.41 Å². The van der Waals surface area contributed by atoms with E-state index in [9.17, 15) is 5.26 Å². The van der Waals surface area contributed by atoms with Gasteiger partial charge in [-0.1, -0.05) is 75.2 Å². The zero-order chi connectivity index (χ0) is 18.4. The van der Waals surface area contributed by atoms with E-state index in [4.69, 9.17) is 0 Å². The number of nitrogens with zero attached hydrogens (tertiary/aromatic N) is 1. The normalized spacial score (nSPS) is 22.7. The Labute approximate surface area is 159 Å². The fourth-order valence-corrected chi connectivity index (χ4v) is 4.27. The molecule has 2 aromatic carbocycles. The van der Waals surface area contributed by atoms with Crippen LogP contribution in [0.25, 0.3) is 11.1 Å². The Bertz CT molecular complexity index is 725. The molecule has 2 aromatic rings. The highest BCUT2D eigenvalue weighted by molar-refractivity contribution is 5.64. The average Bonchev–Trinajstić information content (AvgIpc) is 2.73. The molecule has 0 aromatic heterocycles. The van der Waals surface area contributed by atoms with E-state index in [1.807, 2.05) is 0 Å². The van der Waals surface area contributed by atoms with Gasteiger partial charge in [0.2, 0.25) is 0 Å². The van der Waals surface area contributed by atoms with Crippen LogP contribution < -0.4 is 0 Å². The Hall–Kier alpha value is -2.07. The Morgan fingerprint density at radius 1 is 0.923 bits per heavy atom. The number of nitriles is 1. The van der Waals surface area contributed by atoms with Crippen molar-refractivity contribution < 1.29 is 0 Å². The summed E-state index contributed by atoms with van der Waals surface area (Å²) < 4.78 is 0. The summed E-state index contributed by atoms with van der Waals surface area (Å²) >= 11 is 0. The third-order valence-corrected chi connectivity index (χ3v) is 6.29. The lowest BCUT2D eigenvalue weighted by molar-refractivity contribution is 0.273. The second-order valence-corrected chi connectivity index (χ2v) is 7.92. The van der Waals surface area contributed by atoms with E-state index in [0.717, 1.165) is 18.8 Å². The van der Waals surface area contributed by atoms with Crippen LogP contribution in [0.15, 0.2) is 48.5 Å². The summed E-state index contributed by atoms with van der Waals surface area (Å²) in [6.07, 6.45) is 9.29. The van der Waals surface area contributed by atoms with E-state index >= 15 is 0 Å². The van der Waals surface area contributed by atoms with Crippen LogP contribution in [0.3, 0.4) is 0 Å². The van der Waals surface area contributed by atoms with Crippen LogP contribution in [0.4, 0.5) is 0 Å². The van der Waals surface area contributed by atoms with Crippen LogP contribution >= 0.6 is 0 Å². The molecule has 26 heavy (non-hydrogen) atoms. The number of hydrogen-bond donors (Lipinski definition) is 0. The molecule has 1 aliphatic rings. The minimum atomic E-state index is -0.270. The fourth-order valence-electron chi connectivity index (χ4n) is 4.27. The molecule has 0 radical (unpaired) electrons. The Kier molecular flexibility index (Phi) is 6.15. The van der Waals surface area contributed by atoms with Crippen molar-refractivity contribution in [2.24, 2.45) is 5.92 Å². The maximum absolute atomic E-state index is 9.89. The van der Waals surface area contributed by atoms with Gasteiger partial charge in [0.25, 0.3) is 0 Å². The first-order chi connectivity index (χ1) is 12.7. The van der Waals surface area contributed by atoms with Gasteiger partial charge in [-0.05, 0) is 66.7 Å². The first-order valence-corrected chi connectivity index (χ1v) is 10.3. The summed E-state index contributed by atoms with van der Waals surface area (Å²) in [7, 11) is 0. The minimum absolute atomic E-state index is 0.270. The van der Waals surface area contributed by atoms with Crippen molar-refractivity contribution in [3.8, 4) is 17.2 Å². The van der Waals surface area contributed by atoms with Gasteiger partial charge in [0.1, 0.15) is 0 Å². The van der Waals surface area contributed by atoms with Gasteiger partial charge in [0, 0.05) is 0 Å². The quantitative estimate of drug-likeness (QED) is 0.550. The molecule has 0 saturated heterocycles. The summed E-state index contributed by atoms with van der Waals surface area (Å²) in [6, 6.07) is 20.4. The SMILES string of the molecule is CCCCc1ccc(-c2ccc([C@]3(C#N)CC[C@H](CC)CC3)cc2)cc1. The van der Waals surface area contributed by atoms with Gasteiger partial charge in [0.15, 0.2) is 0 Å². The summed E-state index contributed by atoms with van der Waals surface area (Å²) in [5.41, 5.74) is 4.86. The molecular formula is C25H31N. The van der Waals surface area contributed by atoms with Gasteiger partial charge >= 0.3 is 0 Å². The van der Waals surface area contributed by atoms with Gasteiger partial charge in [-0.2, -0.15) is 5.26 Å². The highest BCUT2D eigenvalue weighted by Crippen LogP contribution is 2.42. The highest BCUT2D eigenvalue weighted by Gasteiger charge is 2.36. The Balaban J connectivity index is 1.75. The van der Waals surface area contributed by atoms with E-state index in [0.29, 0.717) is 0 Å². The largest absolute Gasteiger partial charge is 0.197 e. The average molecular weight is 346 g/mol. The molecule has 0 bridgehead atoms. The van der Waals surface area contributed by atoms with Gasteiger partial charge in [-0.25, -0.2) is 0 Å². The molecule has 1 aliphatic carbocycles. The van der Waals surface area contributed by atoms with Crippen LogP contribution in [0.1, 0.15) is 69.9 Å². The molecular weight excluding hydrogens is 314 g/mol. The molecule has 0 unspecified atom stereocenters. The molecule has 1 saturated carbocycles. The van der Waals surface area contributed by atoms with Gasteiger partial charge in [-0.3, -0.25) is 0 Å². The molecule has 3 rings (SSSR count). The van der Waals surface area contributed by atoms with Gasteiger partial charge < -0.3 is 0 Å². The molecule has 0 atom stereocenters. The molecule has 136 valence electrons. The predicted octanol–water partition coefficient (Wildman–Crippen LogP) is 7.06. The molecule has 0 amide bonds. The Morgan fingerprint density at radius 3 is 2.00 bits per heavy atom. The molecule has 0 N–H and O–H groups in total. The van der Waals surface area contributed by atoms with Crippen molar-refractivity contribution >= 4 is 0 Å². The van der Waals surface area contributed by atoms with E-state index in [2.05, 4.69) is 68.4 Å². The van der Waals surface area contributed by atoms with Crippen molar-refractivity contribution in [2.45, 2.75) is 70.6 Å². The van der Waals surface area contributed by atoms with Crippen molar-refractivity contribution in [1.29, 1.82) is 5.26 Å². The number of aryl methyl sites for hydroxylation is 1. The molecule has 0 heterocycles. The van der Waals surface area contributed by atoms with Gasteiger partial charge in [-0.15, -0.1) is 0 Å². The third-order valence-electron chi connectivity index (χ3n) is 6.29. The lowest BCUT2D eigenvalue weighted by atomic mass is 9.67. The molecule has 1 nitrogen and oxygen atoms in total. The topological polar surface area (TPSA) is 23.8 Å². The van der Waals surface area contributed by atoms with Crippen molar-refractivity contribution in [3.63, 3.8) is 0 Å². The summed E-state index contributed by atoms with van der Waals surface area (Å²) in [6.45, 7) is 4.50. The maximum atomic E-state index is 9.89. The number of unbranched alkanes of at least 4 members (excludes halogenated alkanes) is 1. The Morgan fingerprint density at radius 2 is 1.50 bits per heavy atom. The first kappa shape index (κ1) is 18.7. The minimum Gasteiger partial charge on any atom is -0.197 e. The standard InChI is InChI=1S/C25H31N/c1-3-5-6-21-7-9-22(10-8-21)23-11-13-24(14-12-23)25(19-26)17-15-20(4-2)16-18-25/h7-14,20H,3-6,15-18H2,1-2H3/t20-,25+. The third kappa shape index (κ3) is 4.01. The van der Waals surface area contributed by atoms with Crippen LogP contribution in [-0.2, 0) is 11.8 Å². The highest BCUT2D eigenvalue weighted by atomic mass is 14.4. The van der Waals surface area contributed by atoms with Crippen molar-refractivity contribution in [1.82, 2.24) is 0 Å². The van der Waals surface area contributed by atoms with Crippen molar-refractivity contribution in [2.75, 3.05) is 0 Å². The van der Waals surface area contributed by atoms with E-state index in [1.165, 1.54) is 60.8 Å². The fraction of sp³-hybridized carbons (Fsp3) is 0.480. The maximum Gasteiger partial charge on any atom is 0.0822 e. The second kappa shape index (κ2) is 8.54. The van der Waals surface area contributed by atoms with Crippen LogP contribution in [0.2, 0.25) is 0 Å². The zero-order valence-corrected chi connectivity index (χ0v) is 16.3.